The zero-order valence-corrected chi connectivity index (χ0v) is 12.0. The number of hydrogen-bond donors (Lipinski definition) is 2. The molecule has 0 fully saturated rings. The average molecular weight is 268 g/mol. The summed E-state index contributed by atoms with van der Waals surface area (Å²) in [5, 5.41) is 0. The molecule has 0 aromatic carbocycles. The van der Waals surface area contributed by atoms with Crippen LogP contribution in [0.25, 0.3) is 0 Å². The van der Waals surface area contributed by atoms with Crippen molar-refractivity contribution in [2.75, 3.05) is 18.6 Å². The summed E-state index contributed by atoms with van der Waals surface area (Å²) in [6.45, 7) is 7.86. The number of hydrazine groups is 1. The molecule has 0 saturated heterocycles. The Bertz CT molecular complexity index is 374. The molecule has 108 valence electrons. The third kappa shape index (κ3) is 5.85. The second kappa shape index (κ2) is 8.66. The molecule has 1 aromatic heterocycles. The zero-order chi connectivity index (χ0) is 14.1. The summed E-state index contributed by atoms with van der Waals surface area (Å²) in [7, 11) is 0. The van der Waals surface area contributed by atoms with Crippen molar-refractivity contribution in [2.24, 2.45) is 11.8 Å². The van der Waals surface area contributed by atoms with E-state index < -0.39 is 0 Å². The van der Waals surface area contributed by atoms with Gasteiger partial charge in [-0.05, 0) is 19.3 Å². The van der Waals surface area contributed by atoms with E-state index in [0.717, 1.165) is 12.8 Å². The Kier molecular flexibility index (Phi) is 7.14. The van der Waals surface area contributed by atoms with Crippen molar-refractivity contribution in [1.29, 1.82) is 0 Å². The first-order chi connectivity index (χ1) is 9.19. The number of nitrogens with one attached hydrogen (secondary N) is 1. The maximum atomic E-state index is 5.68. The van der Waals surface area contributed by atoms with E-state index in [1.165, 1.54) is 0 Å². The molecule has 1 aromatic rings. The van der Waals surface area contributed by atoms with Crippen LogP contribution in [0, 0.1) is 5.92 Å². The molecule has 6 nitrogen and oxygen atoms in total. The highest BCUT2D eigenvalue weighted by molar-refractivity contribution is 5.36. The monoisotopic (exact) mass is 268 g/mol. The van der Waals surface area contributed by atoms with Gasteiger partial charge in [0.1, 0.15) is 12.4 Å². The number of nitrogen functional groups attached to an aromatic ring is 1. The Balaban J connectivity index is 2.65. The van der Waals surface area contributed by atoms with E-state index in [-0.39, 0.29) is 0 Å². The van der Waals surface area contributed by atoms with Crippen molar-refractivity contribution in [3.05, 3.63) is 11.9 Å². The molecule has 0 aliphatic carbocycles. The Labute approximate surface area is 114 Å². The van der Waals surface area contributed by atoms with Crippen molar-refractivity contribution >= 4 is 5.82 Å². The fourth-order valence-corrected chi connectivity index (χ4v) is 1.68. The molecule has 0 aliphatic heterocycles. The van der Waals surface area contributed by atoms with Crippen LogP contribution in [-0.2, 0) is 11.3 Å². The van der Waals surface area contributed by atoms with Crippen LogP contribution in [0.2, 0.25) is 0 Å². The quantitative estimate of drug-likeness (QED) is 0.527. The Hall–Kier alpha value is -1.40. The number of aromatic nitrogens is 2. The maximum absolute atomic E-state index is 5.68. The number of rotatable bonds is 9. The second-order valence-electron chi connectivity index (χ2n) is 4.49. The van der Waals surface area contributed by atoms with E-state index in [4.69, 9.17) is 15.3 Å². The van der Waals surface area contributed by atoms with E-state index in [2.05, 4.69) is 29.2 Å². The van der Waals surface area contributed by atoms with Crippen LogP contribution in [0.5, 0.6) is 5.88 Å². The van der Waals surface area contributed by atoms with Gasteiger partial charge in [0, 0.05) is 12.7 Å². The van der Waals surface area contributed by atoms with Crippen LogP contribution >= 0.6 is 0 Å². The van der Waals surface area contributed by atoms with E-state index in [9.17, 15) is 0 Å². The molecule has 3 N–H and O–H groups in total. The highest BCUT2D eigenvalue weighted by Gasteiger charge is 2.07. The van der Waals surface area contributed by atoms with E-state index in [1.54, 1.807) is 6.07 Å². The van der Waals surface area contributed by atoms with Gasteiger partial charge in [0.15, 0.2) is 5.82 Å². The standard InChI is InChI=1S/C13H24N4O2/c1-4-6-10(3)8-19-13-7-11(17-14)15-12(16-13)9-18-5-2/h7,10H,4-6,8-9,14H2,1-3H3,(H,15,16,17). The van der Waals surface area contributed by atoms with Gasteiger partial charge in [-0.15, -0.1) is 0 Å². The third-order valence-corrected chi connectivity index (χ3v) is 2.63. The number of anilines is 1. The van der Waals surface area contributed by atoms with Gasteiger partial charge in [0.05, 0.1) is 6.61 Å². The molecule has 1 unspecified atom stereocenters. The second-order valence-corrected chi connectivity index (χ2v) is 4.49. The Morgan fingerprint density at radius 3 is 2.79 bits per heavy atom. The molecule has 19 heavy (non-hydrogen) atoms. The van der Waals surface area contributed by atoms with Crippen molar-refractivity contribution in [1.82, 2.24) is 9.97 Å². The summed E-state index contributed by atoms with van der Waals surface area (Å²) in [6.07, 6.45) is 2.29. The topological polar surface area (TPSA) is 82.3 Å². The summed E-state index contributed by atoms with van der Waals surface area (Å²) >= 11 is 0. The lowest BCUT2D eigenvalue weighted by Crippen LogP contribution is -2.14. The van der Waals surface area contributed by atoms with Gasteiger partial charge in [-0.25, -0.2) is 10.8 Å². The minimum atomic E-state index is 0.354. The van der Waals surface area contributed by atoms with Gasteiger partial charge in [-0.1, -0.05) is 20.3 Å². The minimum absolute atomic E-state index is 0.354. The molecule has 0 saturated carbocycles. The molecular weight excluding hydrogens is 244 g/mol. The first kappa shape index (κ1) is 15.7. The smallest absolute Gasteiger partial charge is 0.218 e. The van der Waals surface area contributed by atoms with Crippen LogP contribution in [0.1, 0.15) is 39.4 Å². The summed E-state index contributed by atoms with van der Waals surface area (Å²) in [5.74, 6) is 7.51. The maximum Gasteiger partial charge on any atom is 0.218 e. The van der Waals surface area contributed by atoms with Gasteiger partial charge in [-0.2, -0.15) is 4.98 Å². The van der Waals surface area contributed by atoms with Crippen molar-refractivity contribution in [3.8, 4) is 5.88 Å². The number of hydrogen-bond acceptors (Lipinski definition) is 6. The predicted octanol–water partition coefficient (Wildman–Crippen LogP) is 2.11. The summed E-state index contributed by atoms with van der Waals surface area (Å²) in [5.41, 5.74) is 2.51. The van der Waals surface area contributed by atoms with Crippen molar-refractivity contribution < 1.29 is 9.47 Å². The van der Waals surface area contributed by atoms with Crippen molar-refractivity contribution in [2.45, 2.75) is 40.2 Å². The number of nitrogens with two attached hydrogens (primary N) is 1. The first-order valence-corrected chi connectivity index (χ1v) is 6.74. The molecule has 1 heterocycles. The van der Waals surface area contributed by atoms with Crippen molar-refractivity contribution in [3.63, 3.8) is 0 Å². The molecule has 6 heteroatoms. The lowest BCUT2D eigenvalue weighted by Gasteiger charge is -2.13. The normalized spacial score (nSPS) is 12.2. The van der Waals surface area contributed by atoms with Crippen LogP contribution in [0.15, 0.2) is 6.07 Å². The van der Waals surface area contributed by atoms with Gasteiger partial charge in [0.2, 0.25) is 5.88 Å². The lowest BCUT2D eigenvalue weighted by atomic mass is 10.1. The van der Waals surface area contributed by atoms with Crippen LogP contribution in [0.4, 0.5) is 5.82 Å². The van der Waals surface area contributed by atoms with Gasteiger partial charge >= 0.3 is 0 Å². The molecule has 0 radical (unpaired) electrons. The fourth-order valence-electron chi connectivity index (χ4n) is 1.68. The number of nitrogens with zero attached hydrogens (tertiary/aromatic N) is 2. The molecule has 0 bridgehead atoms. The molecule has 0 amide bonds. The molecule has 1 rings (SSSR count). The Morgan fingerprint density at radius 2 is 2.16 bits per heavy atom. The average Bonchev–Trinajstić information content (AvgIpc) is 2.43. The minimum Gasteiger partial charge on any atom is -0.477 e. The lowest BCUT2D eigenvalue weighted by molar-refractivity contribution is 0.127. The third-order valence-electron chi connectivity index (χ3n) is 2.63. The van der Waals surface area contributed by atoms with Gasteiger partial charge in [0.25, 0.3) is 0 Å². The largest absolute Gasteiger partial charge is 0.477 e. The van der Waals surface area contributed by atoms with E-state index in [1.807, 2.05) is 6.92 Å². The van der Waals surface area contributed by atoms with E-state index in [0.29, 0.717) is 43.3 Å². The van der Waals surface area contributed by atoms with E-state index >= 15 is 0 Å². The highest BCUT2D eigenvalue weighted by atomic mass is 16.5. The highest BCUT2D eigenvalue weighted by Crippen LogP contribution is 2.15. The van der Waals surface area contributed by atoms with Crippen LogP contribution in [-0.4, -0.2) is 23.2 Å². The summed E-state index contributed by atoms with van der Waals surface area (Å²) in [6, 6.07) is 1.69. The van der Waals surface area contributed by atoms with Gasteiger partial charge in [-0.3, -0.25) is 0 Å². The Morgan fingerprint density at radius 1 is 1.37 bits per heavy atom. The van der Waals surface area contributed by atoms with Gasteiger partial charge < -0.3 is 14.9 Å². The number of ether oxygens (including phenoxy) is 2. The van der Waals surface area contributed by atoms with Crippen LogP contribution < -0.4 is 16.0 Å². The SMILES string of the molecule is CCCC(C)COc1cc(NN)nc(COCC)n1. The first-order valence-electron chi connectivity index (χ1n) is 6.74. The predicted molar refractivity (Wildman–Crippen MR) is 74.7 cm³/mol. The molecule has 0 aliphatic rings. The fraction of sp³-hybridized carbons (Fsp3) is 0.692. The molecular formula is C13H24N4O2. The molecule has 1 atom stereocenters. The summed E-state index contributed by atoms with van der Waals surface area (Å²) in [4.78, 5) is 8.50. The molecule has 0 spiro atoms. The summed E-state index contributed by atoms with van der Waals surface area (Å²) < 4.78 is 11.0. The zero-order valence-electron chi connectivity index (χ0n) is 12.0. The van der Waals surface area contributed by atoms with Crippen LogP contribution in [0.3, 0.4) is 0 Å².